The maximum atomic E-state index is 11.5. The van der Waals surface area contributed by atoms with Crippen LogP contribution in [0.25, 0.3) is 0 Å². The molecule has 0 saturated carbocycles. The van der Waals surface area contributed by atoms with Gasteiger partial charge in [0.15, 0.2) is 11.6 Å². The number of allylic oxidation sites excluding steroid dienone is 4. The number of aromatic nitrogens is 1. The summed E-state index contributed by atoms with van der Waals surface area (Å²) in [5.74, 6) is 0.641. The summed E-state index contributed by atoms with van der Waals surface area (Å²) in [6.45, 7) is 3.59. The van der Waals surface area contributed by atoms with Crippen molar-refractivity contribution in [2.45, 2.75) is 13.8 Å². The van der Waals surface area contributed by atoms with Crippen LogP contribution in [-0.2, 0) is 4.79 Å². The van der Waals surface area contributed by atoms with Crippen molar-refractivity contribution in [1.82, 2.24) is 4.98 Å². The largest absolute Gasteiger partial charge is 0.384 e. The van der Waals surface area contributed by atoms with Crippen LogP contribution in [0.1, 0.15) is 13.8 Å². The molecule has 1 aliphatic carbocycles. The van der Waals surface area contributed by atoms with Crippen LogP contribution in [0, 0.1) is 0 Å². The van der Waals surface area contributed by atoms with E-state index in [1.165, 1.54) is 0 Å². The molecule has 0 amide bonds. The average Bonchev–Trinajstić information content (AvgIpc) is 2.29. The lowest BCUT2D eigenvalue weighted by Gasteiger charge is -2.10. The van der Waals surface area contributed by atoms with Gasteiger partial charge in [0.25, 0.3) is 0 Å². The van der Waals surface area contributed by atoms with Crippen LogP contribution < -0.4 is 11.5 Å². The Labute approximate surface area is 105 Å². The molecule has 0 atom stereocenters. The fourth-order valence-corrected chi connectivity index (χ4v) is 1.60. The summed E-state index contributed by atoms with van der Waals surface area (Å²) in [5, 5.41) is 0. The third-order valence-corrected chi connectivity index (χ3v) is 2.66. The van der Waals surface area contributed by atoms with Crippen molar-refractivity contribution in [3.63, 3.8) is 0 Å². The molecule has 18 heavy (non-hydrogen) atoms. The Balaban J connectivity index is 2.45. The molecule has 0 spiro atoms. The van der Waals surface area contributed by atoms with Crippen molar-refractivity contribution in [2.75, 3.05) is 11.5 Å². The molecule has 1 aliphatic rings. The van der Waals surface area contributed by atoms with Gasteiger partial charge in [-0.25, -0.2) is 9.98 Å². The van der Waals surface area contributed by atoms with Crippen LogP contribution in [0.4, 0.5) is 17.3 Å². The molecule has 1 heterocycles. The Kier molecular flexibility index (Phi) is 2.97. The zero-order valence-corrected chi connectivity index (χ0v) is 10.3. The van der Waals surface area contributed by atoms with E-state index in [0.29, 0.717) is 22.8 Å². The van der Waals surface area contributed by atoms with Crippen LogP contribution in [0.5, 0.6) is 0 Å². The van der Waals surface area contributed by atoms with Crippen molar-refractivity contribution in [3.05, 3.63) is 35.4 Å². The van der Waals surface area contributed by atoms with E-state index in [2.05, 4.69) is 9.98 Å². The predicted molar refractivity (Wildman–Crippen MR) is 72.7 cm³/mol. The second kappa shape index (κ2) is 4.44. The summed E-state index contributed by atoms with van der Waals surface area (Å²) >= 11 is 0. The number of carbonyl (C=O) groups is 1. The smallest absolute Gasteiger partial charge is 0.181 e. The van der Waals surface area contributed by atoms with Gasteiger partial charge >= 0.3 is 0 Å². The van der Waals surface area contributed by atoms with E-state index in [9.17, 15) is 4.79 Å². The maximum Gasteiger partial charge on any atom is 0.181 e. The molecule has 0 fully saturated rings. The van der Waals surface area contributed by atoms with Gasteiger partial charge in [0.1, 0.15) is 11.5 Å². The fourth-order valence-electron chi connectivity index (χ4n) is 1.60. The van der Waals surface area contributed by atoms with E-state index in [-0.39, 0.29) is 11.6 Å². The van der Waals surface area contributed by atoms with E-state index >= 15 is 0 Å². The van der Waals surface area contributed by atoms with Crippen LogP contribution in [-0.4, -0.2) is 16.5 Å². The Bertz CT molecular complexity index is 611. The molecule has 0 unspecified atom stereocenters. The van der Waals surface area contributed by atoms with Gasteiger partial charge in [-0.2, -0.15) is 0 Å². The van der Waals surface area contributed by atoms with Gasteiger partial charge in [0.05, 0.1) is 5.71 Å². The van der Waals surface area contributed by atoms with Crippen molar-refractivity contribution >= 4 is 28.8 Å². The molecule has 92 valence electrons. The number of nitrogen functional groups attached to an aromatic ring is 2. The standard InChI is InChI=1S/C13H14N4O/c1-7-6-11(18)8(2)5-10(7)16-9-3-4-12(14)17-13(9)15/h3-6H,1-2H3,(H4,14,15,17). The number of ketones is 1. The van der Waals surface area contributed by atoms with Crippen molar-refractivity contribution in [2.24, 2.45) is 4.99 Å². The predicted octanol–water partition coefficient (Wildman–Crippen LogP) is 1.79. The Morgan fingerprint density at radius 1 is 1.11 bits per heavy atom. The summed E-state index contributed by atoms with van der Waals surface area (Å²) in [6, 6.07) is 3.34. The highest BCUT2D eigenvalue weighted by Crippen LogP contribution is 2.23. The summed E-state index contributed by atoms with van der Waals surface area (Å²) < 4.78 is 0. The highest BCUT2D eigenvalue weighted by molar-refractivity contribution is 6.22. The molecule has 4 N–H and O–H groups in total. The number of hydrogen-bond acceptors (Lipinski definition) is 5. The molecule has 0 aliphatic heterocycles. The minimum atomic E-state index is 0.00912. The first-order chi connectivity index (χ1) is 8.47. The van der Waals surface area contributed by atoms with E-state index in [1.54, 1.807) is 31.2 Å². The average molecular weight is 242 g/mol. The first kappa shape index (κ1) is 12.0. The van der Waals surface area contributed by atoms with Crippen LogP contribution in [0.15, 0.2) is 40.4 Å². The monoisotopic (exact) mass is 242 g/mol. The fraction of sp³-hybridized carbons (Fsp3) is 0.154. The zero-order valence-electron chi connectivity index (χ0n) is 10.3. The first-order valence-corrected chi connectivity index (χ1v) is 5.49. The highest BCUT2D eigenvalue weighted by atomic mass is 16.1. The third kappa shape index (κ3) is 2.29. The minimum Gasteiger partial charge on any atom is -0.384 e. The van der Waals surface area contributed by atoms with Gasteiger partial charge in [-0.1, -0.05) is 0 Å². The number of rotatable bonds is 1. The molecule has 5 nitrogen and oxygen atoms in total. The normalized spacial score (nSPS) is 17.7. The lowest BCUT2D eigenvalue weighted by Crippen LogP contribution is -2.10. The number of nitrogens with two attached hydrogens (primary N) is 2. The topological polar surface area (TPSA) is 94.4 Å². The summed E-state index contributed by atoms with van der Waals surface area (Å²) in [6.07, 6.45) is 3.31. The lowest BCUT2D eigenvalue weighted by atomic mass is 9.98. The number of pyridine rings is 1. The van der Waals surface area contributed by atoms with Crippen LogP contribution in [0.3, 0.4) is 0 Å². The lowest BCUT2D eigenvalue weighted by molar-refractivity contribution is -0.111. The number of aliphatic imine (C=N–C) groups is 1. The highest BCUT2D eigenvalue weighted by Gasteiger charge is 2.13. The summed E-state index contributed by atoms with van der Waals surface area (Å²) in [7, 11) is 0. The number of anilines is 2. The van der Waals surface area contributed by atoms with Crippen molar-refractivity contribution in [3.8, 4) is 0 Å². The van der Waals surface area contributed by atoms with E-state index in [1.807, 2.05) is 6.92 Å². The third-order valence-electron chi connectivity index (χ3n) is 2.66. The molecule has 5 heteroatoms. The van der Waals surface area contributed by atoms with Gasteiger partial charge in [0.2, 0.25) is 0 Å². The summed E-state index contributed by atoms with van der Waals surface area (Å²) in [4.78, 5) is 19.8. The van der Waals surface area contributed by atoms with Crippen LogP contribution >= 0.6 is 0 Å². The first-order valence-electron chi connectivity index (χ1n) is 5.49. The molecule has 0 radical (unpaired) electrons. The van der Waals surface area contributed by atoms with Gasteiger partial charge in [0, 0.05) is 0 Å². The Morgan fingerprint density at radius 3 is 2.50 bits per heavy atom. The molecule has 0 bridgehead atoms. The maximum absolute atomic E-state index is 11.5. The Hall–Kier alpha value is -2.43. The van der Waals surface area contributed by atoms with E-state index in [4.69, 9.17) is 11.5 Å². The molecular weight excluding hydrogens is 228 g/mol. The van der Waals surface area contributed by atoms with E-state index < -0.39 is 0 Å². The second-order valence-corrected chi connectivity index (χ2v) is 4.16. The second-order valence-electron chi connectivity index (χ2n) is 4.16. The Morgan fingerprint density at radius 2 is 1.83 bits per heavy atom. The molecule has 0 aromatic carbocycles. The number of nitrogens with zero attached hydrogens (tertiary/aromatic N) is 2. The zero-order chi connectivity index (χ0) is 13.3. The van der Waals surface area contributed by atoms with E-state index in [0.717, 1.165) is 5.57 Å². The molecule has 1 aromatic heterocycles. The molecule has 1 aromatic rings. The molecule has 2 rings (SSSR count). The number of hydrogen-bond donors (Lipinski definition) is 2. The molecular formula is C13H14N4O. The van der Waals surface area contributed by atoms with Crippen molar-refractivity contribution < 1.29 is 4.79 Å². The minimum absolute atomic E-state index is 0.00912. The van der Waals surface area contributed by atoms with Gasteiger partial charge in [-0.3, -0.25) is 4.79 Å². The van der Waals surface area contributed by atoms with Crippen LogP contribution in [0.2, 0.25) is 0 Å². The molecule has 0 saturated heterocycles. The number of carbonyl (C=O) groups excluding carboxylic acids is 1. The van der Waals surface area contributed by atoms with Gasteiger partial charge in [-0.15, -0.1) is 0 Å². The quantitative estimate of drug-likeness (QED) is 0.734. The van der Waals surface area contributed by atoms with Crippen molar-refractivity contribution in [1.29, 1.82) is 0 Å². The van der Waals surface area contributed by atoms with Gasteiger partial charge < -0.3 is 11.5 Å². The van der Waals surface area contributed by atoms with Gasteiger partial charge in [-0.05, 0) is 49.3 Å². The summed E-state index contributed by atoms with van der Waals surface area (Å²) in [5.41, 5.74) is 14.0. The SMILES string of the molecule is CC1=CC(=Nc2ccc(N)nc2N)C(C)=CC1=O.